The van der Waals surface area contributed by atoms with Gasteiger partial charge in [0.1, 0.15) is 0 Å². The molecule has 3 aromatic rings. The van der Waals surface area contributed by atoms with Crippen LogP contribution in [0.1, 0.15) is 10.4 Å². The van der Waals surface area contributed by atoms with Crippen LogP contribution in [0.15, 0.2) is 48.5 Å². The first kappa shape index (κ1) is 9.10. The van der Waals surface area contributed by atoms with Gasteiger partial charge in [0.25, 0.3) is 0 Å². The summed E-state index contributed by atoms with van der Waals surface area (Å²) in [5, 5.41) is 4.34. The number of aldehydes is 1. The lowest BCUT2D eigenvalue weighted by Crippen LogP contribution is -1.85. The molecule has 0 spiro atoms. The average molecular weight is 205 g/mol. The van der Waals surface area contributed by atoms with E-state index in [9.17, 15) is 4.79 Å². The normalized spacial score (nSPS) is 10.8. The Morgan fingerprint density at radius 1 is 0.938 bits per heavy atom. The van der Waals surface area contributed by atoms with Crippen LogP contribution in [0, 0.1) is 6.07 Å². The van der Waals surface area contributed by atoms with Gasteiger partial charge in [0, 0.05) is 0 Å². The van der Waals surface area contributed by atoms with Crippen LogP contribution < -0.4 is 0 Å². The first-order valence-electron chi connectivity index (χ1n) is 5.17. The van der Waals surface area contributed by atoms with Gasteiger partial charge in [-0.1, -0.05) is 47.2 Å². The lowest BCUT2D eigenvalue weighted by Gasteiger charge is -2.11. The van der Waals surface area contributed by atoms with Gasteiger partial charge < -0.3 is 4.79 Å². The molecule has 1 heteroatoms. The highest BCUT2D eigenvalue weighted by Gasteiger charge is 1.97. The van der Waals surface area contributed by atoms with Crippen molar-refractivity contribution in [3.05, 3.63) is 60.2 Å². The van der Waals surface area contributed by atoms with Crippen molar-refractivity contribution in [3.63, 3.8) is 0 Å². The summed E-state index contributed by atoms with van der Waals surface area (Å²) in [6.45, 7) is 0. The quantitative estimate of drug-likeness (QED) is 0.337. The maximum atomic E-state index is 11.0. The molecular formula is C15H9O-. The molecule has 1 nitrogen and oxygen atoms in total. The smallest absolute Gasteiger partial charge is 0.0661 e. The van der Waals surface area contributed by atoms with Crippen molar-refractivity contribution in [2.45, 2.75) is 0 Å². The van der Waals surface area contributed by atoms with Gasteiger partial charge in [0.2, 0.25) is 0 Å². The van der Waals surface area contributed by atoms with Crippen molar-refractivity contribution >= 4 is 27.8 Å². The Hall–Kier alpha value is -2.15. The zero-order valence-electron chi connectivity index (χ0n) is 8.60. The molecule has 0 aromatic heterocycles. The molecule has 0 aliphatic rings. The fourth-order valence-electron chi connectivity index (χ4n) is 2.11. The summed E-state index contributed by atoms with van der Waals surface area (Å²) in [5.74, 6) is 0. The van der Waals surface area contributed by atoms with E-state index in [2.05, 4.69) is 18.2 Å². The van der Waals surface area contributed by atoms with Crippen LogP contribution in [0.4, 0.5) is 0 Å². The number of benzene rings is 3. The number of fused-ring (bicyclic) bond motifs is 3. The first-order valence-corrected chi connectivity index (χ1v) is 5.17. The molecule has 3 rings (SSSR count). The highest BCUT2D eigenvalue weighted by atomic mass is 16.1. The monoisotopic (exact) mass is 205 g/mol. The number of hydrogen-bond donors (Lipinski definition) is 0. The van der Waals surface area contributed by atoms with Gasteiger partial charge in [-0.05, 0) is 5.39 Å². The van der Waals surface area contributed by atoms with Crippen LogP contribution in [0.25, 0.3) is 21.5 Å². The lowest BCUT2D eigenvalue weighted by atomic mass is 9.98. The molecule has 0 heterocycles. The van der Waals surface area contributed by atoms with Crippen molar-refractivity contribution in [3.8, 4) is 0 Å². The molecular weight excluding hydrogens is 196 g/mol. The van der Waals surface area contributed by atoms with Crippen LogP contribution in [0.3, 0.4) is 0 Å². The van der Waals surface area contributed by atoms with Gasteiger partial charge in [0.15, 0.2) is 0 Å². The summed E-state index contributed by atoms with van der Waals surface area (Å²) in [5.41, 5.74) is 0.634. The van der Waals surface area contributed by atoms with E-state index in [1.54, 1.807) is 6.07 Å². The molecule has 0 amide bonds. The summed E-state index contributed by atoms with van der Waals surface area (Å²) in [7, 11) is 0. The van der Waals surface area contributed by atoms with Gasteiger partial charge in [-0.3, -0.25) is 0 Å². The topological polar surface area (TPSA) is 17.1 Å². The fourth-order valence-corrected chi connectivity index (χ4v) is 2.11. The highest BCUT2D eigenvalue weighted by molar-refractivity contribution is 6.13. The zero-order valence-corrected chi connectivity index (χ0v) is 8.60. The Kier molecular flexibility index (Phi) is 1.97. The molecule has 0 atom stereocenters. The highest BCUT2D eigenvalue weighted by Crippen LogP contribution is 2.27. The lowest BCUT2D eigenvalue weighted by molar-refractivity contribution is 0.112. The number of hydrogen-bond acceptors (Lipinski definition) is 1. The molecule has 0 aliphatic carbocycles. The number of rotatable bonds is 1. The number of carbonyl (C=O) groups excluding carboxylic acids is 1. The molecule has 16 heavy (non-hydrogen) atoms. The molecule has 0 radical (unpaired) electrons. The second-order valence-electron chi connectivity index (χ2n) is 3.76. The predicted octanol–water partition coefficient (Wildman–Crippen LogP) is 3.61. The Balaban J connectivity index is 2.62. The van der Waals surface area contributed by atoms with Crippen molar-refractivity contribution < 1.29 is 4.79 Å². The zero-order chi connectivity index (χ0) is 11.0. The molecule has 0 N–H and O–H groups in total. The molecule has 0 bridgehead atoms. The van der Waals surface area contributed by atoms with Gasteiger partial charge in [-0.25, -0.2) is 0 Å². The Morgan fingerprint density at radius 3 is 2.62 bits per heavy atom. The summed E-state index contributed by atoms with van der Waals surface area (Å²) >= 11 is 0. The van der Waals surface area contributed by atoms with Crippen LogP contribution in [-0.2, 0) is 0 Å². The molecule has 0 saturated heterocycles. The third-order valence-electron chi connectivity index (χ3n) is 2.85. The van der Waals surface area contributed by atoms with Gasteiger partial charge in [-0.15, -0.1) is 29.1 Å². The van der Waals surface area contributed by atoms with Crippen LogP contribution in [0.5, 0.6) is 0 Å². The predicted molar refractivity (Wildman–Crippen MR) is 65.7 cm³/mol. The van der Waals surface area contributed by atoms with E-state index in [-0.39, 0.29) is 0 Å². The second-order valence-corrected chi connectivity index (χ2v) is 3.76. The first-order chi connectivity index (χ1) is 7.90. The van der Waals surface area contributed by atoms with Gasteiger partial charge >= 0.3 is 0 Å². The minimum atomic E-state index is 0.634. The van der Waals surface area contributed by atoms with E-state index in [4.69, 9.17) is 0 Å². The van der Waals surface area contributed by atoms with Crippen molar-refractivity contribution in [2.24, 2.45) is 0 Å². The van der Waals surface area contributed by atoms with Gasteiger partial charge in [0.05, 0.1) is 6.29 Å². The molecule has 0 unspecified atom stereocenters. The molecule has 0 fully saturated rings. The summed E-state index contributed by atoms with van der Waals surface area (Å²) < 4.78 is 0. The van der Waals surface area contributed by atoms with Gasteiger partial charge in [-0.2, -0.15) is 0 Å². The average Bonchev–Trinajstić information content (AvgIpc) is 2.37. The largest absolute Gasteiger partial charge is 0.355 e. The Bertz CT molecular complexity index is 683. The minimum absolute atomic E-state index is 0.634. The van der Waals surface area contributed by atoms with E-state index in [1.807, 2.05) is 30.3 Å². The van der Waals surface area contributed by atoms with E-state index in [1.165, 1.54) is 0 Å². The molecule has 0 aliphatic heterocycles. The van der Waals surface area contributed by atoms with E-state index >= 15 is 0 Å². The van der Waals surface area contributed by atoms with Crippen molar-refractivity contribution in [2.75, 3.05) is 0 Å². The van der Waals surface area contributed by atoms with E-state index in [0.717, 1.165) is 27.8 Å². The van der Waals surface area contributed by atoms with E-state index < -0.39 is 0 Å². The minimum Gasteiger partial charge on any atom is -0.355 e. The summed E-state index contributed by atoms with van der Waals surface area (Å²) in [4.78, 5) is 11.0. The third kappa shape index (κ3) is 1.22. The molecule has 0 saturated carbocycles. The van der Waals surface area contributed by atoms with E-state index in [0.29, 0.717) is 5.56 Å². The Labute approximate surface area is 93.3 Å². The third-order valence-corrected chi connectivity index (χ3v) is 2.85. The van der Waals surface area contributed by atoms with Crippen LogP contribution >= 0.6 is 0 Å². The van der Waals surface area contributed by atoms with Crippen LogP contribution in [-0.4, -0.2) is 6.29 Å². The second kappa shape index (κ2) is 3.46. The Morgan fingerprint density at radius 2 is 1.75 bits per heavy atom. The maximum absolute atomic E-state index is 11.0. The van der Waals surface area contributed by atoms with Crippen molar-refractivity contribution in [1.29, 1.82) is 0 Å². The summed E-state index contributed by atoms with van der Waals surface area (Å²) in [6.07, 6.45) is 0.870. The summed E-state index contributed by atoms with van der Waals surface area (Å²) in [6, 6.07) is 19.0. The number of carbonyl (C=O) groups is 1. The fraction of sp³-hybridized carbons (Fsp3) is 0. The van der Waals surface area contributed by atoms with Crippen molar-refractivity contribution in [1.82, 2.24) is 0 Å². The standard InChI is InChI=1S/C15H9O/c16-10-13-6-3-5-12-9-8-11-4-1-2-7-14(11)15(12)13/h1-5,7-10H/q-1. The maximum Gasteiger partial charge on any atom is 0.0661 e. The molecule has 3 aromatic carbocycles. The molecule has 76 valence electrons. The SMILES string of the molecule is O=Cc1[c-]ccc2ccc3ccccc3c12. The van der Waals surface area contributed by atoms with Crippen LogP contribution in [0.2, 0.25) is 0 Å².